The second-order valence-corrected chi connectivity index (χ2v) is 7.49. The molecule has 0 unspecified atom stereocenters. The van der Waals surface area contributed by atoms with Gasteiger partial charge in [-0.15, -0.1) is 0 Å². The van der Waals surface area contributed by atoms with Crippen LogP contribution in [0.3, 0.4) is 0 Å². The van der Waals surface area contributed by atoms with Crippen LogP contribution in [0.15, 0.2) is 30.3 Å². The first kappa shape index (κ1) is 21.6. The van der Waals surface area contributed by atoms with E-state index in [1.807, 2.05) is 32.0 Å². The van der Waals surface area contributed by atoms with Crippen molar-refractivity contribution in [2.24, 2.45) is 5.73 Å². The van der Waals surface area contributed by atoms with E-state index >= 15 is 0 Å². The summed E-state index contributed by atoms with van der Waals surface area (Å²) in [7, 11) is 2.89. The van der Waals surface area contributed by atoms with Gasteiger partial charge in [0, 0.05) is 12.2 Å². The Morgan fingerprint density at radius 2 is 1.80 bits per heavy atom. The van der Waals surface area contributed by atoms with Gasteiger partial charge in [-0.05, 0) is 85.7 Å². The maximum Gasteiger partial charge on any atom is 0.513 e. The smallest absolute Gasteiger partial charge is 0.497 e. The van der Waals surface area contributed by atoms with Gasteiger partial charge in [-0.25, -0.2) is 4.79 Å². The Hall–Kier alpha value is -3.06. The second-order valence-electron chi connectivity index (χ2n) is 7.49. The number of hydrogen-bond donors (Lipinski definition) is 1. The van der Waals surface area contributed by atoms with Crippen LogP contribution in [0.2, 0.25) is 0 Å². The molecule has 160 valence electrons. The maximum absolute atomic E-state index is 13.2. The normalized spacial score (nSPS) is 14.0. The summed E-state index contributed by atoms with van der Waals surface area (Å²) in [6, 6.07) is 8.59. The highest BCUT2D eigenvalue weighted by Gasteiger charge is 2.28. The molecule has 0 radical (unpaired) electrons. The summed E-state index contributed by atoms with van der Waals surface area (Å²) >= 11 is 0. The van der Waals surface area contributed by atoms with Crippen LogP contribution in [-0.2, 0) is 22.4 Å². The minimum Gasteiger partial charge on any atom is -0.497 e. The van der Waals surface area contributed by atoms with Crippen LogP contribution in [0.1, 0.15) is 28.7 Å². The Morgan fingerprint density at radius 1 is 1.10 bits per heavy atom. The first-order valence-corrected chi connectivity index (χ1v) is 9.93. The number of carbonyl (C=O) groups excluding carboxylic acids is 2. The van der Waals surface area contributed by atoms with Gasteiger partial charge in [0.2, 0.25) is 5.91 Å². The number of amides is 1. The molecule has 0 bridgehead atoms. The molecule has 2 aromatic rings. The van der Waals surface area contributed by atoms with E-state index in [0.29, 0.717) is 18.7 Å². The van der Waals surface area contributed by atoms with Gasteiger partial charge in [-0.2, -0.15) is 0 Å². The third-order valence-corrected chi connectivity index (χ3v) is 5.45. The average Bonchev–Trinajstić information content (AvgIpc) is 2.74. The topological polar surface area (TPSA) is 91.1 Å². The number of aryl methyl sites for hydroxylation is 3. The van der Waals surface area contributed by atoms with E-state index < -0.39 is 12.2 Å². The maximum atomic E-state index is 13.2. The van der Waals surface area contributed by atoms with Crippen LogP contribution in [0, 0.1) is 13.8 Å². The zero-order valence-corrected chi connectivity index (χ0v) is 17.9. The molecule has 0 fully saturated rings. The van der Waals surface area contributed by atoms with Gasteiger partial charge in [0.05, 0.1) is 20.3 Å². The Labute approximate surface area is 176 Å². The lowest BCUT2D eigenvalue weighted by Gasteiger charge is -2.32. The Morgan fingerprint density at radius 3 is 2.43 bits per heavy atom. The number of carbonyl (C=O) groups is 2. The van der Waals surface area contributed by atoms with Crippen molar-refractivity contribution < 1.29 is 23.8 Å². The molecular weight excluding hydrogens is 384 g/mol. The van der Waals surface area contributed by atoms with Gasteiger partial charge >= 0.3 is 6.16 Å². The number of rotatable bonds is 5. The number of methoxy groups -OCH3 is 2. The molecule has 3 rings (SSSR count). The van der Waals surface area contributed by atoms with Gasteiger partial charge in [0.1, 0.15) is 11.5 Å². The summed E-state index contributed by atoms with van der Waals surface area (Å²) in [6.45, 7) is 4.47. The number of anilines is 1. The number of nitrogens with zero attached hydrogens (tertiary/aromatic N) is 1. The van der Waals surface area contributed by atoms with Gasteiger partial charge in [-0.1, -0.05) is 0 Å². The van der Waals surface area contributed by atoms with Crippen molar-refractivity contribution in [3.05, 3.63) is 52.6 Å². The Kier molecular flexibility index (Phi) is 6.62. The molecule has 0 spiro atoms. The Balaban J connectivity index is 1.78. The molecule has 1 aliphatic heterocycles. The molecule has 2 N–H and O–H groups in total. The van der Waals surface area contributed by atoms with Crippen molar-refractivity contribution in [2.75, 3.05) is 25.7 Å². The van der Waals surface area contributed by atoms with E-state index in [4.69, 9.17) is 15.2 Å². The van der Waals surface area contributed by atoms with Crippen molar-refractivity contribution in [3.8, 4) is 11.5 Å². The van der Waals surface area contributed by atoms with Crippen molar-refractivity contribution in [3.63, 3.8) is 0 Å². The molecule has 30 heavy (non-hydrogen) atoms. The highest BCUT2D eigenvalue weighted by Crippen LogP contribution is 2.31. The molecule has 1 amide bonds. The van der Waals surface area contributed by atoms with E-state index in [-0.39, 0.29) is 5.91 Å². The molecule has 0 saturated heterocycles. The third kappa shape index (κ3) is 4.57. The minimum atomic E-state index is -0.770. The van der Waals surface area contributed by atoms with E-state index in [9.17, 15) is 9.59 Å². The first-order valence-electron chi connectivity index (χ1n) is 9.93. The average molecular weight is 412 g/mol. The highest BCUT2D eigenvalue weighted by atomic mass is 16.7. The number of nitrogens with two attached hydrogens (primary N) is 1. The zero-order valence-electron chi connectivity index (χ0n) is 17.9. The van der Waals surface area contributed by atoms with Crippen molar-refractivity contribution in [1.82, 2.24) is 0 Å². The highest BCUT2D eigenvalue weighted by molar-refractivity contribution is 5.98. The standard InChI is InChI=1S/C23H28N2O5/c1-14-10-18(30-23(27)29-4)11-15(2)19(14)13-20(24)22(26)25-9-5-6-16-12-17(28-3)7-8-21(16)25/h7-8,10-12,20H,5-6,9,13,24H2,1-4H3/t20-/m1/s1. The van der Waals surface area contributed by atoms with Crippen molar-refractivity contribution in [1.29, 1.82) is 0 Å². The fourth-order valence-electron chi connectivity index (χ4n) is 3.91. The number of fused-ring (bicyclic) bond motifs is 1. The molecule has 1 aliphatic rings. The van der Waals surface area contributed by atoms with Gasteiger partial charge < -0.3 is 24.8 Å². The van der Waals surface area contributed by atoms with Gasteiger partial charge in [0.15, 0.2) is 0 Å². The molecule has 0 saturated carbocycles. The van der Waals surface area contributed by atoms with E-state index in [1.165, 1.54) is 7.11 Å². The summed E-state index contributed by atoms with van der Waals surface area (Å²) in [4.78, 5) is 26.3. The first-order chi connectivity index (χ1) is 14.3. The van der Waals surface area contributed by atoms with Crippen LogP contribution in [-0.4, -0.2) is 38.9 Å². The van der Waals surface area contributed by atoms with E-state index in [0.717, 1.165) is 46.5 Å². The van der Waals surface area contributed by atoms with Gasteiger partial charge in [0.25, 0.3) is 0 Å². The summed E-state index contributed by atoms with van der Waals surface area (Å²) in [5, 5.41) is 0. The lowest BCUT2D eigenvalue weighted by Crippen LogP contribution is -2.47. The molecule has 7 nitrogen and oxygen atoms in total. The monoisotopic (exact) mass is 412 g/mol. The summed E-state index contributed by atoms with van der Waals surface area (Å²) in [5.74, 6) is 1.09. The predicted octanol–water partition coefficient (Wildman–Crippen LogP) is 3.31. The van der Waals surface area contributed by atoms with Crippen molar-refractivity contribution >= 4 is 17.7 Å². The zero-order chi connectivity index (χ0) is 21.8. The fourth-order valence-corrected chi connectivity index (χ4v) is 3.91. The fraction of sp³-hybridized carbons (Fsp3) is 0.391. The van der Waals surface area contributed by atoms with E-state index in [1.54, 1.807) is 24.1 Å². The Bertz CT molecular complexity index is 934. The molecule has 0 aromatic heterocycles. The van der Waals surface area contributed by atoms with Gasteiger partial charge in [-0.3, -0.25) is 4.79 Å². The van der Waals surface area contributed by atoms with Crippen LogP contribution < -0.4 is 20.1 Å². The molecule has 7 heteroatoms. The minimum absolute atomic E-state index is 0.102. The number of hydrogen-bond acceptors (Lipinski definition) is 6. The molecule has 0 aliphatic carbocycles. The molecular formula is C23H28N2O5. The summed E-state index contributed by atoms with van der Waals surface area (Å²) < 4.78 is 14.9. The lowest BCUT2D eigenvalue weighted by molar-refractivity contribution is -0.119. The largest absolute Gasteiger partial charge is 0.513 e. The van der Waals surface area contributed by atoms with Crippen LogP contribution in [0.4, 0.5) is 10.5 Å². The van der Waals surface area contributed by atoms with Crippen LogP contribution in [0.25, 0.3) is 0 Å². The summed E-state index contributed by atoms with van der Waals surface area (Å²) in [5.41, 5.74) is 11.1. The van der Waals surface area contributed by atoms with Crippen LogP contribution in [0.5, 0.6) is 11.5 Å². The molecule has 1 atom stereocenters. The molecule has 2 aromatic carbocycles. The van der Waals surface area contributed by atoms with Crippen molar-refractivity contribution in [2.45, 2.75) is 39.2 Å². The summed E-state index contributed by atoms with van der Waals surface area (Å²) in [6.07, 6.45) is 1.42. The SMILES string of the molecule is COC(=O)Oc1cc(C)c(C[C@@H](N)C(=O)N2CCCc3cc(OC)ccc32)c(C)c1. The number of ether oxygens (including phenoxy) is 3. The predicted molar refractivity (Wildman–Crippen MR) is 114 cm³/mol. The quantitative estimate of drug-likeness (QED) is 0.598. The lowest BCUT2D eigenvalue weighted by atomic mass is 9.94. The molecule has 1 heterocycles. The van der Waals surface area contributed by atoms with E-state index in [2.05, 4.69) is 4.74 Å². The number of benzene rings is 2. The second kappa shape index (κ2) is 9.17. The van der Waals surface area contributed by atoms with Crippen LogP contribution >= 0.6 is 0 Å². The third-order valence-electron chi connectivity index (χ3n) is 5.45.